The molecule has 0 aliphatic rings. The van der Waals surface area contributed by atoms with E-state index in [1.165, 1.54) is 0 Å². The summed E-state index contributed by atoms with van der Waals surface area (Å²) in [6, 6.07) is 10.6. The van der Waals surface area contributed by atoms with E-state index in [2.05, 4.69) is 5.32 Å². The third-order valence-electron chi connectivity index (χ3n) is 3.78. The number of hydrogen-bond acceptors (Lipinski definition) is 3. The van der Waals surface area contributed by atoms with Crippen molar-refractivity contribution in [3.05, 3.63) is 52.0 Å². The molecule has 1 amide bonds. The average Bonchev–Trinajstić information content (AvgIpc) is 2.59. The molecule has 2 rings (SSSR count). The fraction of sp³-hybridized carbons (Fsp3) is 0.278. The van der Waals surface area contributed by atoms with E-state index in [0.717, 1.165) is 5.56 Å². The predicted molar refractivity (Wildman–Crippen MR) is 99.8 cm³/mol. The number of amides is 1. The molecule has 0 radical (unpaired) electrons. The molecule has 0 fully saturated rings. The molecule has 134 valence electrons. The van der Waals surface area contributed by atoms with E-state index in [0.29, 0.717) is 27.2 Å². The Bertz CT molecular complexity index is 753. The summed E-state index contributed by atoms with van der Waals surface area (Å²) in [6.07, 6.45) is 0. The zero-order chi connectivity index (χ0) is 18.4. The molecule has 0 spiro atoms. The summed E-state index contributed by atoms with van der Waals surface area (Å²) in [5, 5.41) is 5.93. The quantitative estimate of drug-likeness (QED) is 0.770. The molecule has 7 heteroatoms. The van der Waals surface area contributed by atoms with Crippen molar-refractivity contribution in [3.8, 4) is 11.5 Å². The van der Waals surface area contributed by atoms with Crippen LogP contribution >= 0.6 is 23.2 Å². The van der Waals surface area contributed by atoms with Gasteiger partial charge in [0.05, 0.1) is 19.2 Å². The van der Waals surface area contributed by atoms with Crippen molar-refractivity contribution in [2.45, 2.75) is 13.0 Å². The van der Waals surface area contributed by atoms with Gasteiger partial charge in [-0.2, -0.15) is 0 Å². The van der Waals surface area contributed by atoms with Gasteiger partial charge in [0.15, 0.2) is 18.0 Å². The maximum absolute atomic E-state index is 12.2. The van der Waals surface area contributed by atoms with Gasteiger partial charge in [-0.3, -0.25) is 4.79 Å². The Balaban J connectivity index is 1.94. The van der Waals surface area contributed by atoms with Crippen molar-refractivity contribution < 1.29 is 19.6 Å². The third-order valence-corrected chi connectivity index (χ3v) is 4.34. The number of halogens is 2. The first-order valence-electron chi connectivity index (χ1n) is 7.74. The topological polar surface area (TPSA) is 64.2 Å². The highest BCUT2D eigenvalue weighted by Crippen LogP contribution is 2.29. The number of nitrogens with one attached hydrogen (secondary N) is 1. The number of carbonyl (C=O) groups excluding carboxylic acids is 1. The lowest BCUT2D eigenvalue weighted by atomic mass is 10.1. The van der Waals surface area contributed by atoms with Gasteiger partial charge in [-0.1, -0.05) is 29.3 Å². The molecule has 0 bridgehead atoms. The number of rotatable bonds is 7. The summed E-state index contributed by atoms with van der Waals surface area (Å²) in [5.41, 5.74) is 1.58. The van der Waals surface area contributed by atoms with E-state index in [9.17, 15) is 4.79 Å². The maximum atomic E-state index is 12.2. The number of anilines is 1. The van der Waals surface area contributed by atoms with Gasteiger partial charge in [0.1, 0.15) is 6.04 Å². The first-order valence-corrected chi connectivity index (χ1v) is 8.50. The SMILES string of the molecule is COc1ccc(NC(=O)C[NH2+][C@H](C)c2ccc(Cl)cc2Cl)cc1OC. The Morgan fingerprint density at radius 2 is 1.84 bits per heavy atom. The molecule has 2 aromatic rings. The first kappa shape index (κ1) is 19.4. The molecule has 0 aliphatic carbocycles. The van der Waals surface area contributed by atoms with Crippen LogP contribution in [0.5, 0.6) is 11.5 Å². The van der Waals surface area contributed by atoms with E-state index in [4.69, 9.17) is 32.7 Å². The second-order valence-corrected chi connectivity index (χ2v) is 6.36. The van der Waals surface area contributed by atoms with Crippen LogP contribution in [0.15, 0.2) is 36.4 Å². The van der Waals surface area contributed by atoms with Crippen molar-refractivity contribution in [1.29, 1.82) is 0 Å². The number of hydrogen-bond donors (Lipinski definition) is 2. The monoisotopic (exact) mass is 383 g/mol. The summed E-state index contributed by atoms with van der Waals surface area (Å²) < 4.78 is 10.4. The highest BCUT2D eigenvalue weighted by atomic mass is 35.5. The van der Waals surface area contributed by atoms with Crippen LogP contribution in [0.3, 0.4) is 0 Å². The van der Waals surface area contributed by atoms with E-state index < -0.39 is 0 Å². The van der Waals surface area contributed by atoms with E-state index in [-0.39, 0.29) is 18.5 Å². The van der Waals surface area contributed by atoms with Crippen molar-refractivity contribution in [1.82, 2.24) is 0 Å². The Kier molecular flexibility index (Phi) is 6.93. The Hall–Kier alpha value is -1.95. The number of carbonyl (C=O) groups is 1. The Morgan fingerprint density at radius 3 is 2.48 bits per heavy atom. The van der Waals surface area contributed by atoms with Crippen LogP contribution in [0, 0.1) is 0 Å². The van der Waals surface area contributed by atoms with Gasteiger partial charge in [0.2, 0.25) is 0 Å². The molecule has 0 heterocycles. The van der Waals surface area contributed by atoms with Crippen molar-refractivity contribution in [2.24, 2.45) is 0 Å². The van der Waals surface area contributed by atoms with Gasteiger partial charge in [0.25, 0.3) is 5.91 Å². The molecule has 3 N–H and O–H groups in total. The van der Waals surface area contributed by atoms with Gasteiger partial charge in [-0.15, -0.1) is 0 Å². The van der Waals surface area contributed by atoms with Crippen LogP contribution in [0.25, 0.3) is 0 Å². The van der Waals surface area contributed by atoms with Gasteiger partial charge in [-0.05, 0) is 31.2 Å². The van der Waals surface area contributed by atoms with Gasteiger partial charge < -0.3 is 20.1 Å². The minimum atomic E-state index is -0.121. The minimum Gasteiger partial charge on any atom is -0.493 e. The second-order valence-electron chi connectivity index (χ2n) is 5.51. The summed E-state index contributed by atoms with van der Waals surface area (Å²) in [6.45, 7) is 2.24. The van der Waals surface area contributed by atoms with Crippen molar-refractivity contribution in [3.63, 3.8) is 0 Å². The predicted octanol–water partition coefficient (Wildman–Crippen LogP) is 3.27. The van der Waals surface area contributed by atoms with Crippen LogP contribution in [0.2, 0.25) is 10.0 Å². The number of ether oxygens (including phenoxy) is 2. The highest BCUT2D eigenvalue weighted by Gasteiger charge is 2.15. The van der Waals surface area contributed by atoms with Crippen LogP contribution in [-0.4, -0.2) is 26.7 Å². The molecule has 0 saturated carbocycles. The zero-order valence-corrected chi connectivity index (χ0v) is 15.8. The van der Waals surface area contributed by atoms with E-state index >= 15 is 0 Å². The van der Waals surface area contributed by atoms with Gasteiger partial charge in [0, 0.05) is 22.3 Å². The lowest BCUT2D eigenvalue weighted by Gasteiger charge is -2.13. The van der Waals surface area contributed by atoms with Crippen LogP contribution in [0.4, 0.5) is 5.69 Å². The largest absolute Gasteiger partial charge is 0.493 e. The number of methoxy groups -OCH3 is 2. The van der Waals surface area contributed by atoms with Crippen LogP contribution in [0.1, 0.15) is 18.5 Å². The molecular weight excluding hydrogens is 363 g/mol. The second kappa shape index (κ2) is 8.94. The minimum absolute atomic E-state index is 0.0286. The number of benzene rings is 2. The van der Waals surface area contributed by atoms with Crippen molar-refractivity contribution >= 4 is 34.8 Å². The van der Waals surface area contributed by atoms with Gasteiger partial charge >= 0.3 is 0 Å². The first-order chi connectivity index (χ1) is 11.9. The fourth-order valence-electron chi connectivity index (χ4n) is 2.41. The molecule has 25 heavy (non-hydrogen) atoms. The lowest BCUT2D eigenvalue weighted by molar-refractivity contribution is -0.682. The van der Waals surface area contributed by atoms with Crippen LogP contribution < -0.4 is 20.1 Å². The zero-order valence-electron chi connectivity index (χ0n) is 14.3. The molecule has 5 nitrogen and oxygen atoms in total. The fourth-order valence-corrected chi connectivity index (χ4v) is 2.99. The summed E-state index contributed by atoms with van der Waals surface area (Å²) in [7, 11) is 3.11. The molecular formula is C18H21Cl2N2O3+. The molecule has 1 atom stereocenters. The highest BCUT2D eigenvalue weighted by molar-refractivity contribution is 6.35. The maximum Gasteiger partial charge on any atom is 0.279 e. The Morgan fingerprint density at radius 1 is 1.12 bits per heavy atom. The summed E-state index contributed by atoms with van der Waals surface area (Å²) in [4.78, 5) is 12.2. The summed E-state index contributed by atoms with van der Waals surface area (Å²) >= 11 is 12.1. The Labute approximate surface area is 157 Å². The standard InChI is InChI=1S/C18H20Cl2N2O3/c1-11(14-6-4-12(19)8-15(14)20)21-10-18(23)22-13-5-7-16(24-2)17(9-13)25-3/h4-9,11,21H,10H2,1-3H3,(H,22,23)/p+1/t11-/m1/s1. The summed E-state index contributed by atoms with van der Waals surface area (Å²) in [5.74, 6) is 1.05. The van der Waals surface area contributed by atoms with E-state index in [1.807, 2.05) is 18.3 Å². The van der Waals surface area contributed by atoms with E-state index in [1.54, 1.807) is 44.6 Å². The van der Waals surface area contributed by atoms with Crippen LogP contribution in [-0.2, 0) is 4.79 Å². The number of quaternary nitrogens is 1. The molecule has 0 aromatic heterocycles. The van der Waals surface area contributed by atoms with Crippen molar-refractivity contribution in [2.75, 3.05) is 26.1 Å². The average molecular weight is 384 g/mol. The smallest absolute Gasteiger partial charge is 0.279 e. The molecule has 0 saturated heterocycles. The molecule has 0 aliphatic heterocycles. The number of nitrogens with two attached hydrogens (primary N) is 1. The van der Waals surface area contributed by atoms with Gasteiger partial charge in [-0.25, -0.2) is 0 Å². The lowest BCUT2D eigenvalue weighted by Crippen LogP contribution is -2.86. The molecule has 2 aromatic carbocycles. The third kappa shape index (κ3) is 5.26. The molecule has 0 unspecified atom stereocenters. The normalized spacial score (nSPS) is 11.7.